The van der Waals surface area contributed by atoms with Gasteiger partial charge in [0.25, 0.3) is 5.69 Å². The van der Waals surface area contributed by atoms with Crippen molar-refractivity contribution < 1.29 is 9.72 Å². The first-order chi connectivity index (χ1) is 9.51. The van der Waals surface area contributed by atoms with Crippen LogP contribution in [0.3, 0.4) is 0 Å². The van der Waals surface area contributed by atoms with Crippen molar-refractivity contribution in [3.05, 3.63) is 33.9 Å². The zero-order chi connectivity index (χ0) is 14.7. The summed E-state index contributed by atoms with van der Waals surface area (Å²) in [4.78, 5) is 24.1. The van der Waals surface area contributed by atoms with Crippen LogP contribution in [0.2, 0.25) is 0 Å². The zero-order valence-electron chi connectivity index (χ0n) is 11.5. The van der Waals surface area contributed by atoms with Gasteiger partial charge in [-0.25, -0.2) is 0 Å². The summed E-state index contributed by atoms with van der Waals surface area (Å²) < 4.78 is 0. The Bertz CT molecular complexity index is 530. The van der Waals surface area contributed by atoms with Gasteiger partial charge < -0.3 is 10.6 Å². The number of rotatable bonds is 5. The molecule has 1 aliphatic rings. The molecule has 1 aromatic rings. The zero-order valence-corrected chi connectivity index (χ0v) is 11.5. The van der Waals surface area contributed by atoms with Crippen LogP contribution < -0.4 is 5.73 Å². The van der Waals surface area contributed by atoms with E-state index in [1.54, 1.807) is 11.0 Å². The number of anilines is 1. The van der Waals surface area contributed by atoms with E-state index in [-0.39, 0.29) is 17.3 Å². The Morgan fingerprint density at radius 1 is 1.50 bits per heavy atom. The number of nitrogens with zero attached hydrogens (tertiary/aromatic N) is 2. The molecule has 0 bridgehead atoms. The number of nitrogen functional groups attached to an aromatic ring is 1. The summed E-state index contributed by atoms with van der Waals surface area (Å²) in [5, 5.41) is 10.9. The molecule has 1 saturated heterocycles. The van der Waals surface area contributed by atoms with Gasteiger partial charge in [0.1, 0.15) is 5.69 Å². The molecule has 0 radical (unpaired) electrons. The van der Waals surface area contributed by atoms with Gasteiger partial charge in [0, 0.05) is 25.6 Å². The van der Waals surface area contributed by atoms with E-state index in [1.165, 1.54) is 12.1 Å². The van der Waals surface area contributed by atoms with Crippen LogP contribution in [-0.2, 0) is 11.3 Å². The molecule has 2 N–H and O–H groups in total. The van der Waals surface area contributed by atoms with Crippen molar-refractivity contribution in [1.82, 2.24) is 4.90 Å². The molecule has 0 saturated carbocycles. The molecule has 1 amide bonds. The standard InChI is InChI=1S/C14H19N3O3/c1-2-3-10-7-14(18)16(8-10)9-11-4-5-12(15)13(6-11)17(19)20/h4-6,10H,2-3,7-9,15H2,1H3. The van der Waals surface area contributed by atoms with E-state index in [1.807, 2.05) is 0 Å². The average molecular weight is 277 g/mol. The molecule has 1 atom stereocenters. The van der Waals surface area contributed by atoms with Gasteiger partial charge in [0.15, 0.2) is 0 Å². The quantitative estimate of drug-likeness (QED) is 0.508. The first kappa shape index (κ1) is 14.3. The maximum Gasteiger partial charge on any atom is 0.292 e. The van der Waals surface area contributed by atoms with Crippen molar-refractivity contribution in [3.8, 4) is 0 Å². The summed E-state index contributed by atoms with van der Waals surface area (Å²) in [6.45, 7) is 3.27. The molecule has 6 heteroatoms. The van der Waals surface area contributed by atoms with Crippen molar-refractivity contribution in [3.63, 3.8) is 0 Å². The second-order valence-electron chi connectivity index (χ2n) is 5.28. The number of benzene rings is 1. The van der Waals surface area contributed by atoms with E-state index < -0.39 is 4.92 Å². The Kier molecular flexibility index (Phi) is 4.22. The number of nitrogens with two attached hydrogens (primary N) is 1. The number of carbonyl (C=O) groups excluding carboxylic acids is 1. The van der Waals surface area contributed by atoms with E-state index in [4.69, 9.17) is 5.73 Å². The van der Waals surface area contributed by atoms with E-state index in [0.717, 1.165) is 24.9 Å². The molecule has 1 unspecified atom stereocenters. The van der Waals surface area contributed by atoms with Gasteiger partial charge in [-0.15, -0.1) is 0 Å². The van der Waals surface area contributed by atoms with Crippen molar-refractivity contribution in [2.24, 2.45) is 5.92 Å². The number of hydrogen-bond donors (Lipinski definition) is 1. The molecular formula is C14H19N3O3. The van der Waals surface area contributed by atoms with Gasteiger partial charge in [-0.05, 0) is 24.0 Å². The molecule has 1 aromatic carbocycles. The molecule has 0 spiro atoms. The largest absolute Gasteiger partial charge is 0.393 e. The summed E-state index contributed by atoms with van der Waals surface area (Å²) in [5.41, 5.74) is 6.36. The normalized spacial score (nSPS) is 18.6. The Morgan fingerprint density at radius 2 is 2.25 bits per heavy atom. The van der Waals surface area contributed by atoms with Crippen molar-refractivity contribution in [2.45, 2.75) is 32.7 Å². The van der Waals surface area contributed by atoms with Gasteiger partial charge in [-0.2, -0.15) is 0 Å². The van der Waals surface area contributed by atoms with Crippen LogP contribution in [0.5, 0.6) is 0 Å². The van der Waals surface area contributed by atoms with Crippen LogP contribution in [0.4, 0.5) is 11.4 Å². The van der Waals surface area contributed by atoms with Crippen LogP contribution in [0.15, 0.2) is 18.2 Å². The molecule has 2 rings (SSSR count). The van der Waals surface area contributed by atoms with Crippen molar-refractivity contribution in [1.29, 1.82) is 0 Å². The highest BCUT2D eigenvalue weighted by atomic mass is 16.6. The number of amides is 1. The number of nitro benzene ring substituents is 1. The lowest BCUT2D eigenvalue weighted by atomic mass is 10.0. The summed E-state index contributed by atoms with van der Waals surface area (Å²) in [6.07, 6.45) is 2.70. The summed E-state index contributed by atoms with van der Waals surface area (Å²) in [7, 11) is 0. The van der Waals surface area contributed by atoms with Gasteiger partial charge in [-0.1, -0.05) is 19.4 Å². The molecule has 0 aliphatic carbocycles. The molecule has 1 fully saturated rings. The van der Waals surface area contributed by atoms with Crippen LogP contribution >= 0.6 is 0 Å². The SMILES string of the molecule is CCCC1CC(=O)N(Cc2ccc(N)c([N+](=O)[O-])c2)C1. The highest BCUT2D eigenvalue weighted by Gasteiger charge is 2.29. The lowest BCUT2D eigenvalue weighted by Crippen LogP contribution is -2.24. The summed E-state index contributed by atoms with van der Waals surface area (Å²) in [5.74, 6) is 0.541. The first-order valence-corrected chi connectivity index (χ1v) is 6.81. The molecule has 20 heavy (non-hydrogen) atoms. The average Bonchev–Trinajstić information content (AvgIpc) is 2.72. The molecular weight excluding hydrogens is 258 g/mol. The van der Waals surface area contributed by atoms with Crippen LogP contribution in [0, 0.1) is 16.0 Å². The van der Waals surface area contributed by atoms with E-state index in [9.17, 15) is 14.9 Å². The van der Waals surface area contributed by atoms with Gasteiger partial charge in [0.2, 0.25) is 5.91 Å². The maximum atomic E-state index is 11.9. The Balaban J connectivity index is 2.09. The predicted molar refractivity (Wildman–Crippen MR) is 75.9 cm³/mol. The lowest BCUT2D eigenvalue weighted by Gasteiger charge is -2.16. The van der Waals surface area contributed by atoms with Gasteiger partial charge in [0.05, 0.1) is 4.92 Å². The van der Waals surface area contributed by atoms with Crippen LogP contribution in [-0.4, -0.2) is 22.3 Å². The molecule has 6 nitrogen and oxygen atoms in total. The fraction of sp³-hybridized carbons (Fsp3) is 0.500. The Labute approximate surface area is 117 Å². The van der Waals surface area contributed by atoms with Gasteiger partial charge in [-0.3, -0.25) is 14.9 Å². The van der Waals surface area contributed by atoms with E-state index >= 15 is 0 Å². The highest BCUT2D eigenvalue weighted by Crippen LogP contribution is 2.26. The molecule has 1 heterocycles. The van der Waals surface area contributed by atoms with Crippen LogP contribution in [0.25, 0.3) is 0 Å². The van der Waals surface area contributed by atoms with Crippen molar-refractivity contribution in [2.75, 3.05) is 12.3 Å². The second-order valence-corrected chi connectivity index (χ2v) is 5.28. The Hall–Kier alpha value is -2.11. The fourth-order valence-electron chi connectivity index (χ4n) is 2.67. The van der Waals surface area contributed by atoms with Crippen molar-refractivity contribution >= 4 is 17.3 Å². The molecule has 0 aromatic heterocycles. The summed E-state index contributed by atoms with van der Waals surface area (Å²) in [6, 6.07) is 4.72. The second kappa shape index (κ2) is 5.90. The minimum atomic E-state index is -0.496. The van der Waals surface area contributed by atoms with Gasteiger partial charge >= 0.3 is 0 Å². The third kappa shape index (κ3) is 3.07. The summed E-state index contributed by atoms with van der Waals surface area (Å²) >= 11 is 0. The highest BCUT2D eigenvalue weighted by molar-refractivity contribution is 5.78. The lowest BCUT2D eigenvalue weighted by molar-refractivity contribution is -0.384. The first-order valence-electron chi connectivity index (χ1n) is 6.81. The minimum Gasteiger partial charge on any atom is -0.393 e. The molecule has 108 valence electrons. The maximum absolute atomic E-state index is 11.9. The smallest absolute Gasteiger partial charge is 0.292 e. The Morgan fingerprint density at radius 3 is 2.90 bits per heavy atom. The number of hydrogen-bond acceptors (Lipinski definition) is 4. The topological polar surface area (TPSA) is 89.5 Å². The number of carbonyl (C=O) groups is 1. The van der Waals surface area contributed by atoms with E-state index in [2.05, 4.69) is 6.92 Å². The molecule has 1 aliphatic heterocycles. The van der Waals surface area contributed by atoms with Crippen LogP contribution in [0.1, 0.15) is 31.7 Å². The number of likely N-dealkylation sites (tertiary alicyclic amines) is 1. The monoisotopic (exact) mass is 277 g/mol. The van der Waals surface area contributed by atoms with E-state index in [0.29, 0.717) is 18.9 Å². The predicted octanol–water partition coefficient (Wildman–Crippen LogP) is 2.33. The third-order valence-corrected chi connectivity index (χ3v) is 3.66. The number of nitro groups is 1. The fourth-order valence-corrected chi connectivity index (χ4v) is 2.67. The third-order valence-electron chi connectivity index (χ3n) is 3.66. The minimum absolute atomic E-state index is 0.0979.